The lowest BCUT2D eigenvalue weighted by molar-refractivity contribution is -0.150. The van der Waals surface area contributed by atoms with Crippen LogP contribution < -0.4 is 5.56 Å². The monoisotopic (exact) mass is 298 g/mol. The summed E-state index contributed by atoms with van der Waals surface area (Å²) in [5, 5.41) is 9.29. The molecule has 20 heavy (non-hydrogen) atoms. The fourth-order valence-electron chi connectivity index (χ4n) is 2.40. The van der Waals surface area contributed by atoms with Crippen LogP contribution in [-0.4, -0.2) is 39.0 Å². The molecule has 1 fully saturated rings. The molecule has 1 aromatic heterocycles. The highest BCUT2D eigenvalue weighted by Gasteiger charge is 2.44. The molecule has 1 aliphatic rings. The van der Waals surface area contributed by atoms with Gasteiger partial charge in [-0.1, -0.05) is 11.6 Å². The largest absolute Gasteiger partial charge is 0.480 e. The number of carbonyl (C=O) groups is 2. The molecule has 1 aliphatic heterocycles. The second kappa shape index (κ2) is 5.28. The average molecular weight is 299 g/mol. The van der Waals surface area contributed by atoms with Crippen LogP contribution in [0.15, 0.2) is 17.1 Å². The number of carboxylic acids is 1. The molecule has 2 rings (SSSR count). The Morgan fingerprint density at radius 2 is 2.15 bits per heavy atom. The fraction of sp³-hybridized carbons (Fsp3) is 0.462. The number of hydrogen-bond donors (Lipinski definition) is 2. The normalized spacial score (nSPS) is 22.6. The van der Waals surface area contributed by atoms with Crippen LogP contribution in [0.3, 0.4) is 0 Å². The smallest absolute Gasteiger partial charge is 0.329 e. The molecule has 1 atom stereocenters. The zero-order chi connectivity index (χ0) is 14.9. The lowest BCUT2D eigenvalue weighted by Gasteiger charge is -2.41. The topological polar surface area (TPSA) is 90.5 Å². The molecular formula is C13H15ClN2O4. The number of carbonyl (C=O) groups excluding carboxylic acids is 1. The first kappa shape index (κ1) is 14.6. The number of likely N-dealkylation sites (tertiary alicyclic amines) is 1. The molecule has 1 saturated heterocycles. The molecule has 108 valence electrons. The summed E-state index contributed by atoms with van der Waals surface area (Å²) in [6, 6.07) is 1.26. The minimum atomic E-state index is -1.22. The number of amides is 1. The van der Waals surface area contributed by atoms with E-state index in [0.29, 0.717) is 13.0 Å². The van der Waals surface area contributed by atoms with Gasteiger partial charge in [-0.2, -0.15) is 0 Å². The maximum atomic E-state index is 12.5. The highest BCUT2D eigenvalue weighted by Crippen LogP contribution is 2.29. The first-order valence-corrected chi connectivity index (χ1v) is 6.67. The van der Waals surface area contributed by atoms with Crippen molar-refractivity contribution in [3.05, 3.63) is 33.2 Å². The number of piperidine rings is 1. The van der Waals surface area contributed by atoms with Gasteiger partial charge in [0.25, 0.3) is 11.5 Å². The molecule has 7 heteroatoms. The fourth-order valence-corrected chi connectivity index (χ4v) is 2.58. The molecule has 0 bridgehead atoms. The van der Waals surface area contributed by atoms with Crippen molar-refractivity contribution >= 4 is 23.5 Å². The van der Waals surface area contributed by atoms with Gasteiger partial charge in [0.05, 0.1) is 5.56 Å². The molecule has 0 unspecified atom stereocenters. The number of pyridine rings is 1. The molecule has 0 radical (unpaired) electrons. The van der Waals surface area contributed by atoms with Crippen LogP contribution >= 0.6 is 11.6 Å². The van der Waals surface area contributed by atoms with Gasteiger partial charge in [-0.15, -0.1) is 0 Å². The Bertz CT molecular complexity index is 613. The van der Waals surface area contributed by atoms with Crippen molar-refractivity contribution in [2.24, 2.45) is 0 Å². The van der Waals surface area contributed by atoms with E-state index in [-0.39, 0.29) is 10.6 Å². The molecule has 6 nitrogen and oxygen atoms in total. The van der Waals surface area contributed by atoms with Gasteiger partial charge in [0.1, 0.15) is 10.6 Å². The second-order valence-corrected chi connectivity index (χ2v) is 5.47. The second-order valence-electron chi connectivity index (χ2n) is 5.06. The molecule has 1 amide bonds. The minimum Gasteiger partial charge on any atom is -0.480 e. The zero-order valence-electron chi connectivity index (χ0n) is 11.0. The Morgan fingerprint density at radius 3 is 2.75 bits per heavy atom. The first-order chi connectivity index (χ1) is 9.36. The number of nitrogens with one attached hydrogen (secondary N) is 1. The van der Waals surface area contributed by atoms with E-state index in [1.165, 1.54) is 17.2 Å². The number of H-pyrrole nitrogens is 1. The summed E-state index contributed by atoms with van der Waals surface area (Å²) < 4.78 is 0. The summed E-state index contributed by atoms with van der Waals surface area (Å²) in [6.07, 6.45) is 3.18. The van der Waals surface area contributed by atoms with E-state index in [4.69, 9.17) is 11.6 Å². The van der Waals surface area contributed by atoms with Crippen molar-refractivity contribution in [2.45, 2.75) is 31.7 Å². The van der Waals surface area contributed by atoms with Crippen molar-refractivity contribution in [2.75, 3.05) is 6.54 Å². The summed E-state index contributed by atoms with van der Waals surface area (Å²) in [6.45, 7) is 1.91. The molecule has 2 N–H and O–H groups in total. The lowest BCUT2D eigenvalue weighted by atomic mass is 9.88. The van der Waals surface area contributed by atoms with Crippen LogP contribution in [0.1, 0.15) is 36.5 Å². The van der Waals surface area contributed by atoms with Crippen molar-refractivity contribution in [3.63, 3.8) is 0 Å². The number of nitrogens with zero attached hydrogens (tertiary/aromatic N) is 1. The molecule has 0 aliphatic carbocycles. The van der Waals surface area contributed by atoms with Crippen molar-refractivity contribution < 1.29 is 14.7 Å². The molecule has 0 aromatic carbocycles. The summed E-state index contributed by atoms with van der Waals surface area (Å²) in [4.78, 5) is 38.8. The van der Waals surface area contributed by atoms with Gasteiger partial charge in [0, 0.05) is 12.7 Å². The van der Waals surface area contributed by atoms with Gasteiger partial charge >= 0.3 is 5.97 Å². The predicted molar refractivity (Wildman–Crippen MR) is 73.0 cm³/mol. The van der Waals surface area contributed by atoms with Crippen LogP contribution in [0.5, 0.6) is 0 Å². The number of aliphatic carboxylic acids is 1. The summed E-state index contributed by atoms with van der Waals surface area (Å²) in [5.74, 6) is -1.46. The predicted octanol–water partition coefficient (Wildman–Crippen LogP) is 1.50. The standard InChI is InChI=1S/C13H15ClN2O4/c1-13(12(19)20)4-2-3-5-16(13)11(18)8-6-9(14)10(17)15-7-8/h6-7H,2-5H2,1H3,(H,15,17)(H,19,20)/t13-/m0/s1. The van der Waals surface area contributed by atoms with E-state index in [1.807, 2.05) is 0 Å². The summed E-state index contributed by atoms with van der Waals surface area (Å²) in [5.41, 5.74) is -1.52. The minimum absolute atomic E-state index is 0.0927. The SMILES string of the molecule is C[C@@]1(C(=O)O)CCCCN1C(=O)c1c[nH]c(=O)c(Cl)c1. The number of rotatable bonds is 2. The molecule has 0 saturated carbocycles. The zero-order valence-corrected chi connectivity index (χ0v) is 11.7. The Balaban J connectivity index is 2.37. The van der Waals surface area contributed by atoms with Crippen molar-refractivity contribution in [1.29, 1.82) is 0 Å². The van der Waals surface area contributed by atoms with Gasteiger partial charge in [0.15, 0.2) is 0 Å². The Morgan fingerprint density at radius 1 is 1.45 bits per heavy atom. The van der Waals surface area contributed by atoms with Crippen LogP contribution in [0, 0.1) is 0 Å². The third-order valence-electron chi connectivity index (χ3n) is 3.70. The average Bonchev–Trinajstić information content (AvgIpc) is 2.41. The quantitative estimate of drug-likeness (QED) is 0.865. The maximum Gasteiger partial charge on any atom is 0.329 e. The van der Waals surface area contributed by atoms with E-state index in [2.05, 4.69) is 4.98 Å². The lowest BCUT2D eigenvalue weighted by Crippen LogP contribution is -2.57. The molecular weight excluding hydrogens is 284 g/mol. The molecule has 0 spiro atoms. The van der Waals surface area contributed by atoms with Gasteiger partial charge in [-0.25, -0.2) is 4.79 Å². The molecule has 1 aromatic rings. The van der Waals surface area contributed by atoms with Gasteiger partial charge in [0.2, 0.25) is 0 Å². The van der Waals surface area contributed by atoms with Gasteiger partial charge < -0.3 is 15.0 Å². The van der Waals surface area contributed by atoms with Crippen LogP contribution in [-0.2, 0) is 4.79 Å². The van der Waals surface area contributed by atoms with E-state index < -0.39 is 23.0 Å². The molecule has 2 heterocycles. The van der Waals surface area contributed by atoms with E-state index in [0.717, 1.165) is 12.8 Å². The van der Waals surface area contributed by atoms with Crippen molar-refractivity contribution in [3.8, 4) is 0 Å². The number of hydrogen-bond acceptors (Lipinski definition) is 3. The third kappa shape index (κ3) is 2.43. The number of aromatic nitrogens is 1. The van der Waals surface area contributed by atoms with Gasteiger partial charge in [-0.05, 0) is 32.3 Å². The first-order valence-electron chi connectivity index (χ1n) is 6.30. The van der Waals surface area contributed by atoms with Gasteiger partial charge in [-0.3, -0.25) is 9.59 Å². The van der Waals surface area contributed by atoms with E-state index in [1.54, 1.807) is 6.92 Å². The highest BCUT2D eigenvalue weighted by atomic mass is 35.5. The van der Waals surface area contributed by atoms with Crippen molar-refractivity contribution in [1.82, 2.24) is 9.88 Å². The van der Waals surface area contributed by atoms with Crippen LogP contribution in [0.2, 0.25) is 5.02 Å². The Labute approximate surface area is 120 Å². The van der Waals surface area contributed by atoms with E-state index in [9.17, 15) is 19.5 Å². The summed E-state index contributed by atoms with van der Waals surface area (Å²) >= 11 is 5.70. The third-order valence-corrected chi connectivity index (χ3v) is 3.98. The number of aromatic amines is 1. The highest BCUT2D eigenvalue weighted by molar-refractivity contribution is 6.30. The number of carboxylic acid groups (broad SMARTS) is 1. The van der Waals surface area contributed by atoms with Crippen LogP contribution in [0.25, 0.3) is 0 Å². The summed E-state index contributed by atoms with van der Waals surface area (Å²) in [7, 11) is 0. The number of halogens is 1. The Kier molecular flexibility index (Phi) is 3.85. The van der Waals surface area contributed by atoms with E-state index >= 15 is 0 Å². The maximum absolute atomic E-state index is 12.5. The van der Waals surface area contributed by atoms with Crippen LogP contribution in [0.4, 0.5) is 0 Å². The Hall–Kier alpha value is -1.82.